The highest BCUT2D eigenvalue weighted by Crippen LogP contribution is 2.37. The lowest BCUT2D eigenvalue weighted by molar-refractivity contribution is 0.0958. The van der Waals surface area contributed by atoms with Crippen LogP contribution in [0.2, 0.25) is 0 Å². The minimum atomic E-state index is -0.824. The third kappa shape index (κ3) is 3.39. The van der Waals surface area contributed by atoms with E-state index in [1.165, 1.54) is 11.3 Å². The van der Waals surface area contributed by atoms with Crippen molar-refractivity contribution < 1.29 is 9.00 Å². The van der Waals surface area contributed by atoms with Gasteiger partial charge < -0.3 is 11.1 Å². The van der Waals surface area contributed by atoms with E-state index in [0.717, 1.165) is 14.6 Å². The molecule has 0 aliphatic rings. The van der Waals surface area contributed by atoms with E-state index in [4.69, 9.17) is 5.73 Å². The van der Waals surface area contributed by atoms with E-state index in [1.54, 1.807) is 6.26 Å². The summed E-state index contributed by atoms with van der Waals surface area (Å²) in [6, 6.07) is 5.77. The van der Waals surface area contributed by atoms with E-state index in [9.17, 15) is 9.00 Å². The first-order valence-corrected chi connectivity index (χ1v) is 9.39. The van der Waals surface area contributed by atoms with E-state index in [-0.39, 0.29) is 5.91 Å². The SMILES string of the molecule is CS(=O)CCCNC(=O)c1sc2cccc(Br)c2c1N. The van der Waals surface area contributed by atoms with Gasteiger partial charge in [0.1, 0.15) is 4.88 Å². The van der Waals surface area contributed by atoms with Gasteiger partial charge in [-0.05, 0) is 18.6 Å². The van der Waals surface area contributed by atoms with E-state index in [0.29, 0.717) is 29.3 Å². The summed E-state index contributed by atoms with van der Waals surface area (Å²) >= 11 is 4.83. The van der Waals surface area contributed by atoms with Crippen molar-refractivity contribution in [3.63, 3.8) is 0 Å². The summed E-state index contributed by atoms with van der Waals surface area (Å²) in [5.74, 6) is 0.422. The zero-order valence-electron chi connectivity index (χ0n) is 10.9. The number of nitrogens with two attached hydrogens (primary N) is 1. The summed E-state index contributed by atoms with van der Waals surface area (Å²) in [7, 11) is -0.824. The van der Waals surface area contributed by atoms with Gasteiger partial charge in [-0.1, -0.05) is 22.0 Å². The van der Waals surface area contributed by atoms with Crippen molar-refractivity contribution in [1.29, 1.82) is 0 Å². The van der Waals surface area contributed by atoms with Crippen molar-refractivity contribution in [2.45, 2.75) is 6.42 Å². The molecule has 2 rings (SSSR count). The number of carbonyl (C=O) groups is 1. The maximum absolute atomic E-state index is 12.1. The molecule has 0 spiro atoms. The number of halogens is 1. The van der Waals surface area contributed by atoms with Crippen LogP contribution in [-0.4, -0.2) is 28.7 Å². The number of nitrogens with one attached hydrogen (secondary N) is 1. The number of rotatable bonds is 5. The number of hydrogen-bond acceptors (Lipinski definition) is 4. The Kier molecular flexibility index (Phi) is 5.17. The largest absolute Gasteiger partial charge is 0.397 e. The molecule has 4 nitrogen and oxygen atoms in total. The quantitative estimate of drug-likeness (QED) is 0.790. The van der Waals surface area contributed by atoms with E-state index < -0.39 is 10.8 Å². The monoisotopic (exact) mass is 374 g/mol. The third-order valence-electron chi connectivity index (χ3n) is 2.80. The summed E-state index contributed by atoms with van der Waals surface area (Å²) in [5, 5.41) is 3.70. The highest BCUT2D eigenvalue weighted by Gasteiger charge is 2.17. The minimum absolute atomic E-state index is 0.169. The van der Waals surface area contributed by atoms with E-state index >= 15 is 0 Å². The molecule has 3 N–H and O–H groups in total. The Labute approximate surface area is 132 Å². The lowest BCUT2D eigenvalue weighted by Gasteiger charge is -2.03. The van der Waals surface area contributed by atoms with Gasteiger partial charge in [0.2, 0.25) is 0 Å². The number of nitrogen functional groups attached to an aromatic ring is 1. The van der Waals surface area contributed by atoms with Crippen LogP contribution in [0.1, 0.15) is 16.1 Å². The second-order valence-electron chi connectivity index (χ2n) is 4.34. The van der Waals surface area contributed by atoms with Crippen LogP contribution in [0.25, 0.3) is 10.1 Å². The fourth-order valence-corrected chi connectivity index (χ4v) is 4.18. The van der Waals surface area contributed by atoms with Crippen molar-refractivity contribution >= 4 is 59.7 Å². The van der Waals surface area contributed by atoms with Crippen molar-refractivity contribution in [3.8, 4) is 0 Å². The topological polar surface area (TPSA) is 72.2 Å². The number of fused-ring (bicyclic) bond motifs is 1. The van der Waals surface area contributed by atoms with Gasteiger partial charge >= 0.3 is 0 Å². The summed E-state index contributed by atoms with van der Waals surface area (Å²) in [6.07, 6.45) is 2.35. The molecule has 0 saturated carbocycles. The highest BCUT2D eigenvalue weighted by atomic mass is 79.9. The molecule has 0 fully saturated rings. The molecular weight excluding hydrogens is 360 g/mol. The fraction of sp³-hybridized carbons (Fsp3) is 0.308. The van der Waals surface area contributed by atoms with E-state index in [2.05, 4.69) is 21.2 Å². The van der Waals surface area contributed by atoms with Crippen LogP contribution in [0.5, 0.6) is 0 Å². The van der Waals surface area contributed by atoms with E-state index in [1.807, 2.05) is 18.2 Å². The molecule has 20 heavy (non-hydrogen) atoms. The maximum atomic E-state index is 12.1. The zero-order chi connectivity index (χ0) is 14.7. The number of benzene rings is 1. The first kappa shape index (κ1) is 15.5. The zero-order valence-corrected chi connectivity index (χ0v) is 14.2. The minimum Gasteiger partial charge on any atom is -0.397 e. The predicted octanol–water partition coefficient (Wildman–Crippen LogP) is 2.74. The molecule has 1 aromatic carbocycles. The standard InChI is InChI=1S/C13H15BrN2O2S2/c1-20(18)7-3-6-16-13(17)12-11(15)10-8(14)4-2-5-9(10)19-12/h2,4-5H,3,6-7,15H2,1H3,(H,16,17). The average molecular weight is 375 g/mol. The summed E-state index contributed by atoms with van der Waals surface area (Å²) in [6.45, 7) is 0.507. The molecule has 1 unspecified atom stereocenters. The average Bonchev–Trinajstić information content (AvgIpc) is 2.73. The number of hydrogen-bond donors (Lipinski definition) is 2. The van der Waals surface area contributed by atoms with Crippen molar-refractivity contribution in [3.05, 3.63) is 27.5 Å². The normalized spacial score (nSPS) is 12.5. The van der Waals surface area contributed by atoms with Gasteiger partial charge in [0, 0.05) is 43.9 Å². The molecule has 108 valence electrons. The van der Waals surface area contributed by atoms with Crippen LogP contribution in [0.3, 0.4) is 0 Å². The number of carbonyl (C=O) groups excluding carboxylic acids is 1. The molecule has 0 radical (unpaired) electrons. The summed E-state index contributed by atoms with van der Waals surface area (Å²) < 4.78 is 12.8. The first-order valence-electron chi connectivity index (χ1n) is 6.05. The molecule has 2 aromatic rings. The Morgan fingerprint density at radius 1 is 1.50 bits per heavy atom. The van der Waals surface area contributed by atoms with Crippen LogP contribution in [-0.2, 0) is 10.8 Å². The molecular formula is C13H15BrN2O2S2. The van der Waals surface area contributed by atoms with Crippen LogP contribution in [0.4, 0.5) is 5.69 Å². The number of anilines is 1. The van der Waals surface area contributed by atoms with Crippen LogP contribution in [0.15, 0.2) is 22.7 Å². The highest BCUT2D eigenvalue weighted by molar-refractivity contribution is 9.10. The molecule has 0 aliphatic carbocycles. The van der Waals surface area contributed by atoms with Crippen LogP contribution < -0.4 is 11.1 Å². The fourth-order valence-electron chi connectivity index (χ4n) is 1.86. The van der Waals surface area contributed by atoms with Crippen molar-refractivity contribution in [2.75, 3.05) is 24.3 Å². The summed E-state index contributed by atoms with van der Waals surface area (Å²) in [5.41, 5.74) is 6.57. The molecule has 0 aliphatic heterocycles. The molecule has 1 amide bonds. The van der Waals surface area contributed by atoms with Crippen LogP contribution in [0, 0.1) is 0 Å². The smallest absolute Gasteiger partial charge is 0.263 e. The van der Waals surface area contributed by atoms with Gasteiger partial charge in [-0.25, -0.2) is 0 Å². The van der Waals surface area contributed by atoms with Gasteiger partial charge in [-0.2, -0.15) is 0 Å². The molecule has 0 saturated heterocycles. The van der Waals surface area contributed by atoms with Crippen LogP contribution >= 0.6 is 27.3 Å². The second kappa shape index (κ2) is 6.69. The second-order valence-corrected chi connectivity index (χ2v) is 7.81. The predicted molar refractivity (Wildman–Crippen MR) is 89.8 cm³/mol. The van der Waals surface area contributed by atoms with Crippen molar-refractivity contribution in [2.24, 2.45) is 0 Å². The lowest BCUT2D eigenvalue weighted by Crippen LogP contribution is -2.25. The number of amides is 1. The molecule has 7 heteroatoms. The maximum Gasteiger partial charge on any atom is 0.263 e. The Hall–Kier alpha value is -0.920. The van der Waals surface area contributed by atoms with Crippen molar-refractivity contribution in [1.82, 2.24) is 5.32 Å². The Morgan fingerprint density at radius 2 is 2.25 bits per heavy atom. The van der Waals surface area contributed by atoms with Gasteiger partial charge in [-0.15, -0.1) is 11.3 Å². The molecule has 1 atom stereocenters. The Balaban J connectivity index is 2.13. The third-order valence-corrected chi connectivity index (χ3v) is 5.50. The molecule has 1 heterocycles. The van der Waals surface area contributed by atoms with Gasteiger partial charge in [0.15, 0.2) is 0 Å². The molecule has 1 aromatic heterocycles. The molecule has 0 bridgehead atoms. The van der Waals surface area contributed by atoms with Gasteiger partial charge in [0.25, 0.3) is 5.91 Å². The Morgan fingerprint density at radius 3 is 2.90 bits per heavy atom. The number of thiophene rings is 1. The van der Waals surface area contributed by atoms with Gasteiger partial charge in [-0.3, -0.25) is 9.00 Å². The lowest BCUT2D eigenvalue weighted by atomic mass is 10.2. The van der Waals surface area contributed by atoms with Gasteiger partial charge in [0.05, 0.1) is 5.69 Å². The first-order chi connectivity index (χ1) is 9.50. The summed E-state index contributed by atoms with van der Waals surface area (Å²) in [4.78, 5) is 12.7. The Bertz CT molecular complexity index is 670.